The Hall–Kier alpha value is -0.140. The average molecular weight is 165 g/mol. The van der Waals surface area contributed by atoms with Crippen LogP contribution in [0.15, 0.2) is 10.7 Å². The Bertz CT molecular complexity index is 205. The zero-order valence-electron chi connectivity index (χ0n) is 4.95. The van der Waals surface area contributed by atoms with Gasteiger partial charge in [0.2, 0.25) is 0 Å². The van der Waals surface area contributed by atoms with Gasteiger partial charge in [-0.3, -0.25) is 0 Å². The third-order valence-corrected chi connectivity index (χ3v) is 1.87. The molecule has 0 unspecified atom stereocenters. The Labute approximate surface area is 63.6 Å². The molecule has 0 aromatic carbocycles. The highest BCUT2D eigenvalue weighted by molar-refractivity contribution is 6.42. The minimum atomic E-state index is 0.494. The van der Waals surface area contributed by atoms with Crippen molar-refractivity contribution in [1.29, 1.82) is 0 Å². The molecule has 0 aliphatic carbocycles. The van der Waals surface area contributed by atoms with Gasteiger partial charge in [0.1, 0.15) is 17.0 Å². The SMILES string of the molecule is CCc1occ(Cl)c1Cl. The van der Waals surface area contributed by atoms with E-state index < -0.39 is 0 Å². The van der Waals surface area contributed by atoms with Crippen LogP contribution >= 0.6 is 23.2 Å². The van der Waals surface area contributed by atoms with Gasteiger partial charge < -0.3 is 4.42 Å². The summed E-state index contributed by atoms with van der Waals surface area (Å²) in [6, 6.07) is 0. The maximum atomic E-state index is 5.68. The van der Waals surface area contributed by atoms with E-state index in [0.29, 0.717) is 10.0 Å². The van der Waals surface area contributed by atoms with Crippen LogP contribution in [0.2, 0.25) is 10.0 Å². The quantitative estimate of drug-likeness (QED) is 0.622. The molecule has 0 radical (unpaired) electrons. The molecule has 0 spiro atoms. The Morgan fingerprint density at radius 1 is 1.56 bits per heavy atom. The molecule has 9 heavy (non-hydrogen) atoms. The summed E-state index contributed by atoms with van der Waals surface area (Å²) in [5, 5.41) is 1.03. The minimum Gasteiger partial charge on any atom is -0.466 e. The van der Waals surface area contributed by atoms with Gasteiger partial charge >= 0.3 is 0 Å². The second-order valence-electron chi connectivity index (χ2n) is 1.67. The fourth-order valence-corrected chi connectivity index (χ4v) is 0.971. The van der Waals surface area contributed by atoms with Gasteiger partial charge in [0.05, 0.1) is 5.02 Å². The van der Waals surface area contributed by atoms with E-state index in [2.05, 4.69) is 0 Å². The molecule has 0 aliphatic heterocycles. The molecule has 0 N–H and O–H groups in total. The molecular formula is C6H6Cl2O. The summed E-state index contributed by atoms with van der Waals surface area (Å²) < 4.78 is 4.98. The van der Waals surface area contributed by atoms with Gasteiger partial charge in [-0.2, -0.15) is 0 Å². The van der Waals surface area contributed by atoms with Crippen molar-refractivity contribution < 1.29 is 4.42 Å². The van der Waals surface area contributed by atoms with Gasteiger partial charge in [0.25, 0.3) is 0 Å². The van der Waals surface area contributed by atoms with Crippen LogP contribution in [-0.4, -0.2) is 0 Å². The molecular weight excluding hydrogens is 159 g/mol. The first kappa shape index (κ1) is 6.97. The van der Waals surface area contributed by atoms with E-state index in [9.17, 15) is 0 Å². The number of hydrogen-bond donors (Lipinski definition) is 0. The molecule has 0 amide bonds. The Morgan fingerprint density at radius 2 is 2.22 bits per heavy atom. The van der Waals surface area contributed by atoms with Gasteiger partial charge in [-0.05, 0) is 0 Å². The van der Waals surface area contributed by atoms with E-state index >= 15 is 0 Å². The van der Waals surface area contributed by atoms with Crippen LogP contribution in [0.3, 0.4) is 0 Å². The summed E-state index contributed by atoms with van der Waals surface area (Å²) in [5.74, 6) is 0.752. The van der Waals surface area contributed by atoms with Gasteiger partial charge in [-0.25, -0.2) is 0 Å². The first-order valence-corrected chi connectivity index (χ1v) is 3.42. The van der Waals surface area contributed by atoms with Crippen molar-refractivity contribution in [1.82, 2.24) is 0 Å². The summed E-state index contributed by atoms with van der Waals surface area (Å²) in [5.41, 5.74) is 0. The van der Waals surface area contributed by atoms with Crippen molar-refractivity contribution in [2.75, 3.05) is 0 Å². The molecule has 0 bridgehead atoms. The largest absolute Gasteiger partial charge is 0.466 e. The topological polar surface area (TPSA) is 13.1 Å². The maximum Gasteiger partial charge on any atom is 0.123 e. The summed E-state index contributed by atoms with van der Waals surface area (Å²) in [7, 11) is 0. The van der Waals surface area contributed by atoms with Crippen LogP contribution in [0.25, 0.3) is 0 Å². The van der Waals surface area contributed by atoms with Gasteiger partial charge in [-0.15, -0.1) is 0 Å². The van der Waals surface area contributed by atoms with E-state index in [0.717, 1.165) is 12.2 Å². The second kappa shape index (κ2) is 2.63. The fraction of sp³-hybridized carbons (Fsp3) is 0.333. The Kier molecular flexibility index (Phi) is 2.04. The summed E-state index contributed by atoms with van der Waals surface area (Å²) in [6.45, 7) is 1.96. The summed E-state index contributed by atoms with van der Waals surface area (Å²) in [4.78, 5) is 0. The zero-order chi connectivity index (χ0) is 6.85. The number of furan rings is 1. The predicted molar refractivity (Wildman–Crippen MR) is 38.1 cm³/mol. The molecule has 0 saturated heterocycles. The van der Waals surface area contributed by atoms with Crippen molar-refractivity contribution in [3.63, 3.8) is 0 Å². The Balaban J connectivity index is 3.04. The van der Waals surface area contributed by atoms with Crippen LogP contribution in [0, 0.1) is 0 Å². The smallest absolute Gasteiger partial charge is 0.123 e. The maximum absolute atomic E-state index is 5.68. The highest BCUT2D eigenvalue weighted by Gasteiger charge is 2.05. The van der Waals surface area contributed by atoms with Crippen LogP contribution in [-0.2, 0) is 6.42 Å². The van der Waals surface area contributed by atoms with Crippen LogP contribution < -0.4 is 0 Å². The van der Waals surface area contributed by atoms with Crippen molar-refractivity contribution in [3.05, 3.63) is 22.1 Å². The Morgan fingerprint density at radius 3 is 2.44 bits per heavy atom. The van der Waals surface area contributed by atoms with Crippen LogP contribution in [0.1, 0.15) is 12.7 Å². The van der Waals surface area contributed by atoms with E-state index in [1.807, 2.05) is 6.92 Å². The minimum absolute atomic E-state index is 0.494. The highest BCUT2D eigenvalue weighted by Crippen LogP contribution is 2.27. The fourth-order valence-electron chi connectivity index (χ4n) is 0.598. The summed E-state index contributed by atoms with van der Waals surface area (Å²) >= 11 is 11.3. The van der Waals surface area contributed by atoms with E-state index in [-0.39, 0.29) is 0 Å². The molecule has 1 aromatic heterocycles. The lowest BCUT2D eigenvalue weighted by Gasteiger charge is -1.85. The first-order valence-electron chi connectivity index (χ1n) is 2.67. The van der Waals surface area contributed by atoms with Crippen LogP contribution in [0.5, 0.6) is 0 Å². The molecule has 3 heteroatoms. The van der Waals surface area contributed by atoms with Crippen molar-refractivity contribution >= 4 is 23.2 Å². The standard InChI is InChI=1S/C6H6Cl2O/c1-2-5-6(8)4(7)3-9-5/h3H,2H2,1H3. The number of rotatable bonds is 1. The van der Waals surface area contributed by atoms with E-state index in [1.165, 1.54) is 6.26 Å². The van der Waals surface area contributed by atoms with E-state index in [4.69, 9.17) is 27.6 Å². The lowest BCUT2D eigenvalue weighted by molar-refractivity contribution is 0.516. The third-order valence-electron chi connectivity index (χ3n) is 1.08. The number of aryl methyl sites for hydroxylation is 1. The molecule has 0 atom stereocenters. The molecule has 0 aliphatic rings. The number of hydrogen-bond acceptors (Lipinski definition) is 1. The summed E-state index contributed by atoms with van der Waals surface area (Å²) in [6.07, 6.45) is 2.23. The molecule has 1 aromatic rings. The lowest BCUT2D eigenvalue weighted by Crippen LogP contribution is -1.71. The normalized spacial score (nSPS) is 10.1. The monoisotopic (exact) mass is 164 g/mol. The second-order valence-corrected chi connectivity index (χ2v) is 2.46. The third kappa shape index (κ3) is 1.22. The molecule has 1 heterocycles. The van der Waals surface area contributed by atoms with Crippen molar-refractivity contribution in [2.45, 2.75) is 13.3 Å². The average Bonchev–Trinajstić information content (AvgIpc) is 2.15. The van der Waals surface area contributed by atoms with Gasteiger partial charge in [0, 0.05) is 6.42 Å². The molecule has 0 fully saturated rings. The van der Waals surface area contributed by atoms with Crippen molar-refractivity contribution in [2.24, 2.45) is 0 Å². The lowest BCUT2D eigenvalue weighted by atomic mass is 10.4. The van der Waals surface area contributed by atoms with Crippen LogP contribution in [0.4, 0.5) is 0 Å². The molecule has 50 valence electrons. The number of halogens is 2. The highest BCUT2D eigenvalue weighted by atomic mass is 35.5. The molecule has 1 nitrogen and oxygen atoms in total. The predicted octanol–water partition coefficient (Wildman–Crippen LogP) is 3.15. The van der Waals surface area contributed by atoms with Crippen molar-refractivity contribution in [3.8, 4) is 0 Å². The first-order chi connectivity index (χ1) is 4.25. The zero-order valence-corrected chi connectivity index (χ0v) is 6.46. The van der Waals surface area contributed by atoms with E-state index in [1.54, 1.807) is 0 Å². The van der Waals surface area contributed by atoms with Gasteiger partial charge in [-0.1, -0.05) is 30.1 Å². The molecule has 0 saturated carbocycles. The molecule has 1 rings (SSSR count). The van der Waals surface area contributed by atoms with Gasteiger partial charge in [0.15, 0.2) is 0 Å².